The van der Waals surface area contributed by atoms with Crippen molar-refractivity contribution in [3.8, 4) is 0 Å². The fourth-order valence-corrected chi connectivity index (χ4v) is 2.45. The minimum absolute atomic E-state index is 0.365. The predicted octanol–water partition coefficient (Wildman–Crippen LogP) is 1.42. The van der Waals surface area contributed by atoms with Gasteiger partial charge in [0, 0.05) is 13.1 Å². The molecule has 0 saturated carbocycles. The lowest BCUT2D eigenvalue weighted by Crippen LogP contribution is -2.37. The lowest BCUT2D eigenvalue weighted by molar-refractivity contribution is -0.139. The Hall–Kier alpha value is -0.610. The van der Waals surface area contributed by atoms with Gasteiger partial charge in [0.1, 0.15) is 6.04 Å². The maximum absolute atomic E-state index is 10.9. The molecule has 1 aliphatic rings. The van der Waals surface area contributed by atoms with Crippen molar-refractivity contribution in [1.29, 1.82) is 0 Å². The van der Waals surface area contributed by atoms with Crippen LogP contribution in [0.15, 0.2) is 0 Å². The number of hydrogen-bond acceptors (Lipinski definition) is 3. The van der Waals surface area contributed by atoms with Crippen molar-refractivity contribution in [2.45, 2.75) is 39.7 Å². The highest BCUT2D eigenvalue weighted by molar-refractivity contribution is 5.73. The third-order valence-corrected chi connectivity index (χ3v) is 3.88. The van der Waals surface area contributed by atoms with Crippen LogP contribution in [0.25, 0.3) is 0 Å². The molecule has 1 aliphatic heterocycles. The summed E-state index contributed by atoms with van der Waals surface area (Å²) in [7, 11) is 1.71. The minimum Gasteiger partial charge on any atom is -0.480 e. The van der Waals surface area contributed by atoms with Gasteiger partial charge in [0.2, 0.25) is 0 Å². The summed E-state index contributed by atoms with van der Waals surface area (Å²) in [6, 6.07) is -0.413. The van der Waals surface area contributed by atoms with Gasteiger partial charge in [-0.05, 0) is 37.8 Å². The van der Waals surface area contributed by atoms with E-state index in [4.69, 9.17) is 5.11 Å². The molecule has 17 heavy (non-hydrogen) atoms. The lowest BCUT2D eigenvalue weighted by Gasteiger charge is -2.27. The van der Waals surface area contributed by atoms with Crippen LogP contribution < -0.4 is 5.32 Å². The van der Waals surface area contributed by atoms with E-state index in [-0.39, 0.29) is 0 Å². The molecule has 4 heteroatoms. The third-order valence-electron chi connectivity index (χ3n) is 3.88. The number of carboxylic acids is 1. The van der Waals surface area contributed by atoms with Gasteiger partial charge in [-0.2, -0.15) is 0 Å². The van der Waals surface area contributed by atoms with E-state index >= 15 is 0 Å². The Morgan fingerprint density at radius 1 is 1.53 bits per heavy atom. The van der Waals surface area contributed by atoms with Gasteiger partial charge in [0.15, 0.2) is 0 Å². The first-order valence-electron chi connectivity index (χ1n) is 6.47. The molecule has 0 aliphatic carbocycles. The van der Waals surface area contributed by atoms with Crippen molar-refractivity contribution in [2.75, 3.05) is 26.7 Å². The van der Waals surface area contributed by atoms with Crippen molar-refractivity contribution in [3.63, 3.8) is 0 Å². The predicted molar refractivity (Wildman–Crippen MR) is 69.1 cm³/mol. The zero-order valence-electron chi connectivity index (χ0n) is 11.5. The number of rotatable bonds is 5. The molecule has 2 N–H and O–H groups in total. The highest BCUT2D eigenvalue weighted by Gasteiger charge is 2.31. The smallest absolute Gasteiger partial charge is 0.320 e. The average molecular weight is 242 g/mol. The summed E-state index contributed by atoms with van der Waals surface area (Å²) in [4.78, 5) is 13.3. The second kappa shape index (κ2) is 5.83. The molecule has 2 atom stereocenters. The van der Waals surface area contributed by atoms with Gasteiger partial charge < -0.3 is 15.3 Å². The number of carbonyl (C=O) groups is 1. The van der Waals surface area contributed by atoms with Gasteiger partial charge in [0.25, 0.3) is 0 Å². The number of hydrogen-bond donors (Lipinski definition) is 2. The molecule has 2 unspecified atom stereocenters. The van der Waals surface area contributed by atoms with Crippen molar-refractivity contribution in [2.24, 2.45) is 11.3 Å². The molecule has 0 bridgehead atoms. The number of nitrogens with one attached hydrogen (secondary N) is 1. The molecule has 100 valence electrons. The highest BCUT2D eigenvalue weighted by atomic mass is 16.4. The molecule has 0 spiro atoms. The van der Waals surface area contributed by atoms with Gasteiger partial charge >= 0.3 is 5.97 Å². The summed E-state index contributed by atoms with van der Waals surface area (Å²) in [6.07, 6.45) is 1.92. The highest BCUT2D eigenvalue weighted by Crippen LogP contribution is 2.33. The van der Waals surface area contributed by atoms with E-state index in [0.717, 1.165) is 25.6 Å². The van der Waals surface area contributed by atoms with Crippen LogP contribution in [0.2, 0.25) is 0 Å². The Kier molecular flexibility index (Phi) is 4.95. The van der Waals surface area contributed by atoms with Crippen molar-refractivity contribution >= 4 is 5.97 Å². The van der Waals surface area contributed by atoms with Crippen molar-refractivity contribution in [1.82, 2.24) is 10.2 Å². The number of aliphatic carboxylic acids is 1. The van der Waals surface area contributed by atoms with E-state index in [2.05, 4.69) is 31.0 Å². The zero-order valence-corrected chi connectivity index (χ0v) is 11.5. The number of likely N-dealkylation sites (tertiary alicyclic amines) is 1. The second-order valence-electron chi connectivity index (χ2n) is 6.12. The molecule has 0 radical (unpaired) electrons. The standard InChI is InChI=1S/C13H26N2O2/c1-13(2,3)10-5-7-15(9-10)8-6-11(14-4)12(16)17/h10-11,14H,5-9H2,1-4H3,(H,16,17). The zero-order chi connectivity index (χ0) is 13.1. The number of carboxylic acid groups (broad SMARTS) is 1. The third kappa shape index (κ3) is 4.28. The summed E-state index contributed by atoms with van der Waals surface area (Å²) in [6.45, 7) is 9.96. The van der Waals surface area contributed by atoms with Gasteiger partial charge in [-0.15, -0.1) is 0 Å². The van der Waals surface area contributed by atoms with Crippen LogP contribution in [0, 0.1) is 11.3 Å². The molecular weight excluding hydrogens is 216 g/mol. The normalized spacial score (nSPS) is 23.9. The molecule has 0 aromatic carbocycles. The molecule has 4 nitrogen and oxygen atoms in total. The van der Waals surface area contributed by atoms with E-state index in [1.807, 2.05) is 0 Å². The van der Waals surface area contributed by atoms with Crippen LogP contribution in [0.5, 0.6) is 0 Å². The molecule has 0 aromatic rings. The van der Waals surface area contributed by atoms with E-state index in [1.54, 1.807) is 7.05 Å². The van der Waals surface area contributed by atoms with Crippen LogP contribution in [-0.2, 0) is 4.79 Å². The van der Waals surface area contributed by atoms with Crippen molar-refractivity contribution in [3.05, 3.63) is 0 Å². The monoisotopic (exact) mass is 242 g/mol. The first-order valence-corrected chi connectivity index (χ1v) is 6.47. The quantitative estimate of drug-likeness (QED) is 0.765. The van der Waals surface area contributed by atoms with E-state index in [0.29, 0.717) is 11.8 Å². The molecule has 1 fully saturated rings. The summed E-state index contributed by atoms with van der Waals surface area (Å²) in [5.74, 6) is -0.0144. The van der Waals surface area contributed by atoms with Crippen LogP contribution in [-0.4, -0.2) is 48.7 Å². The first kappa shape index (κ1) is 14.5. The van der Waals surface area contributed by atoms with E-state index < -0.39 is 12.0 Å². The Morgan fingerprint density at radius 3 is 2.59 bits per heavy atom. The van der Waals surface area contributed by atoms with E-state index in [1.165, 1.54) is 6.42 Å². The van der Waals surface area contributed by atoms with Gasteiger partial charge in [-0.1, -0.05) is 20.8 Å². The lowest BCUT2D eigenvalue weighted by atomic mass is 9.80. The van der Waals surface area contributed by atoms with Crippen LogP contribution in [0.1, 0.15) is 33.6 Å². The molecule has 1 saturated heterocycles. The SMILES string of the molecule is CNC(CCN1CCC(C(C)(C)C)C1)C(=O)O. The molecule has 0 aromatic heterocycles. The number of likely N-dealkylation sites (N-methyl/N-ethyl adjacent to an activating group) is 1. The van der Waals surface area contributed by atoms with Gasteiger partial charge in [0.05, 0.1) is 0 Å². The number of nitrogens with zero attached hydrogens (tertiary/aromatic N) is 1. The Bertz CT molecular complexity index is 261. The average Bonchev–Trinajstić information content (AvgIpc) is 2.66. The Morgan fingerprint density at radius 2 is 2.18 bits per heavy atom. The van der Waals surface area contributed by atoms with Crippen LogP contribution in [0.4, 0.5) is 0 Å². The minimum atomic E-state index is -0.751. The molecule has 1 rings (SSSR count). The van der Waals surface area contributed by atoms with E-state index in [9.17, 15) is 4.79 Å². The fraction of sp³-hybridized carbons (Fsp3) is 0.923. The fourth-order valence-electron chi connectivity index (χ4n) is 2.45. The topological polar surface area (TPSA) is 52.6 Å². The summed E-state index contributed by atoms with van der Waals surface area (Å²) < 4.78 is 0. The van der Waals surface area contributed by atoms with Gasteiger partial charge in [-0.3, -0.25) is 4.79 Å². The Balaban J connectivity index is 2.33. The van der Waals surface area contributed by atoms with Crippen LogP contribution in [0.3, 0.4) is 0 Å². The van der Waals surface area contributed by atoms with Crippen LogP contribution >= 0.6 is 0 Å². The second-order valence-corrected chi connectivity index (χ2v) is 6.12. The maximum atomic E-state index is 10.9. The summed E-state index contributed by atoms with van der Waals surface area (Å²) in [5, 5.41) is 11.8. The first-order chi connectivity index (χ1) is 7.84. The van der Waals surface area contributed by atoms with Gasteiger partial charge in [-0.25, -0.2) is 0 Å². The summed E-state index contributed by atoms with van der Waals surface area (Å²) >= 11 is 0. The maximum Gasteiger partial charge on any atom is 0.320 e. The summed E-state index contributed by atoms with van der Waals surface area (Å²) in [5.41, 5.74) is 0.365. The Labute approximate surface area is 104 Å². The largest absolute Gasteiger partial charge is 0.480 e. The molecular formula is C13H26N2O2. The van der Waals surface area contributed by atoms with Crippen molar-refractivity contribution < 1.29 is 9.90 Å². The molecule has 1 heterocycles. The molecule has 0 amide bonds.